The number of likely N-dealkylation sites (N-methyl/N-ethyl adjacent to an activating group) is 1. The maximum atomic E-state index is 11.2. The fourth-order valence-corrected chi connectivity index (χ4v) is 1.45. The Morgan fingerprint density at radius 3 is 2.38 bits per heavy atom. The maximum Gasteiger partial charge on any atom is 0.333 e. The zero-order valence-electron chi connectivity index (χ0n) is 11.2. The molecule has 3 heteroatoms. The van der Waals surface area contributed by atoms with Crippen LogP contribution in [0.3, 0.4) is 0 Å². The number of ether oxygens (including phenoxy) is 1. The van der Waals surface area contributed by atoms with E-state index in [-0.39, 0.29) is 5.97 Å². The Labute approximate surface area is 99.7 Å². The van der Waals surface area contributed by atoms with Gasteiger partial charge in [0.05, 0.1) is 20.1 Å². The van der Waals surface area contributed by atoms with E-state index in [2.05, 4.69) is 27.5 Å². The van der Waals surface area contributed by atoms with Gasteiger partial charge in [-0.25, -0.2) is 4.79 Å². The van der Waals surface area contributed by atoms with Crippen LogP contribution in [0.5, 0.6) is 0 Å². The third-order valence-electron chi connectivity index (χ3n) is 3.03. The molecule has 0 rings (SSSR count). The molecule has 3 nitrogen and oxygen atoms in total. The Bertz CT molecular complexity index is 238. The summed E-state index contributed by atoms with van der Waals surface area (Å²) in [5.74, 6) is -0.279. The monoisotopic (exact) mass is 228 g/mol. The first-order valence-electron chi connectivity index (χ1n) is 6.11. The van der Waals surface area contributed by atoms with Crippen LogP contribution >= 0.6 is 0 Å². The van der Waals surface area contributed by atoms with Gasteiger partial charge in [-0.1, -0.05) is 19.9 Å². The summed E-state index contributed by atoms with van der Waals surface area (Å²) in [4.78, 5) is 11.2. The summed E-state index contributed by atoms with van der Waals surface area (Å²) in [6, 6.07) is 0. The van der Waals surface area contributed by atoms with Gasteiger partial charge in [-0.2, -0.15) is 0 Å². The highest BCUT2D eigenvalue weighted by molar-refractivity contribution is 5.86. The third-order valence-corrected chi connectivity index (χ3v) is 3.03. The highest BCUT2D eigenvalue weighted by Gasteiger charge is 2.18. The largest absolute Gasteiger partial charge is 0.456 e. The molecule has 0 spiro atoms. The Morgan fingerprint density at radius 1 is 1.31 bits per heavy atom. The fraction of sp³-hybridized carbons (Fsp3) is 0.769. The lowest BCUT2D eigenvalue weighted by Gasteiger charge is -2.33. The molecule has 0 fully saturated rings. The topological polar surface area (TPSA) is 26.3 Å². The average Bonchev–Trinajstić information content (AvgIpc) is 2.26. The van der Waals surface area contributed by atoms with E-state index >= 15 is 0 Å². The molecule has 0 heterocycles. The number of hydrogen-bond donors (Lipinski definition) is 0. The minimum absolute atomic E-state index is 0.279. The molecule has 0 saturated carbocycles. The number of carbonyl (C=O) groups is 1. The number of esters is 1. The van der Waals surface area contributed by atoms with Crippen molar-refractivity contribution in [3.63, 3.8) is 0 Å². The molecule has 0 bridgehead atoms. The number of rotatable bonds is 8. The van der Waals surface area contributed by atoms with E-state index in [4.69, 9.17) is 4.74 Å². The van der Waals surface area contributed by atoms with E-state index in [1.807, 2.05) is 0 Å². The molecule has 0 N–H and O–H groups in total. The molecule has 1 unspecified atom stereocenters. The predicted octanol–water partition coefficient (Wildman–Crippen LogP) is 2.37. The SMILES string of the molecule is C=C(C)C(=O)OCC[N+](C)(CC)CCCC. The molecule has 0 saturated heterocycles. The van der Waals surface area contributed by atoms with Gasteiger partial charge in [0.15, 0.2) is 0 Å². The van der Waals surface area contributed by atoms with Crippen molar-refractivity contribution in [1.29, 1.82) is 0 Å². The van der Waals surface area contributed by atoms with Crippen LogP contribution in [0.25, 0.3) is 0 Å². The first kappa shape index (κ1) is 15.2. The molecule has 0 aromatic rings. The van der Waals surface area contributed by atoms with Gasteiger partial charge >= 0.3 is 5.97 Å². The molecule has 1 atom stereocenters. The number of nitrogens with zero attached hydrogens (tertiary/aromatic N) is 1. The molecule has 0 aliphatic carbocycles. The fourth-order valence-electron chi connectivity index (χ4n) is 1.45. The molecular formula is C13H26NO2+. The minimum Gasteiger partial charge on any atom is -0.456 e. The highest BCUT2D eigenvalue weighted by Crippen LogP contribution is 2.05. The summed E-state index contributed by atoms with van der Waals surface area (Å²) in [5.41, 5.74) is 0.472. The van der Waals surface area contributed by atoms with E-state index < -0.39 is 0 Å². The van der Waals surface area contributed by atoms with Crippen molar-refractivity contribution >= 4 is 5.97 Å². The van der Waals surface area contributed by atoms with Crippen molar-refractivity contribution in [2.24, 2.45) is 0 Å². The van der Waals surface area contributed by atoms with Gasteiger partial charge < -0.3 is 9.22 Å². The quantitative estimate of drug-likeness (QED) is 0.362. The molecule has 0 aromatic heterocycles. The summed E-state index contributed by atoms with van der Waals surface area (Å²) >= 11 is 0. The number of hydrogen-bond acceptors (Lipinski definition) is 2. The second-order valence-electron chi connectivity index (χ2n) is 4.65. The van der Waals surface area contributed by atoms with Gasteiger partial charge in [0.2, 0.25) is 0 Å². The van der Waals surface area contributed by atoms with E-state index in [1.165, 1.54) is 12.8 Å². The van der Waals surface area contributed by atoms with Crippen LogP contribution in [0.1, 0.15) is 33.6 Å². The zero-order valence-corrected chi connectivity index (χ0v) is 11.2. The van der Waals surface area contributed by atoms with Gasteiger partial charge in [0.1, 0.15) is 13.2 Å². The van der Waals surface area contributed by atoms with E-state index in [0.717, 1.165) is 24.1 Å². The van der Waals surface area contributed by atoms with Gasteiger partial charge in [-0.15, -0.1) is 0 Å². The summed E-state index contributed by atoms with van der Waals surface area (Å²) in [6.45, 7) is 13.2. The van der Waals surface area contributed by atoms with Crippen molar-refractivity contribution in [2.75, 3.05) is 33.3 Å². The number of carbonyl (C=O) groups excluding carboxylic acids is 1. The molecule has 0 aliphatic rings. The van der Waals surface area contributed by atoms with E-state index in [1.54, 1.807) is 6.92 Å². The predicted molar refractivity (Wildman–Crippen MR) is 67.1 cm³/mol. The molecule has 0 amide bonds. The standard InChI is InChI=1S/C13H26NO2/c1-6-8-9-14(5,7-2)10-11-16-13(15)12(3)4/h3,6-11H2,1-2,4-5H3/q+1. The van der Waals surface area contributed by atoms with Crippen LogP contribution in [0.4, 0.5) is 0 Å². The average molecular weight is 228 g/mol. The molecule has 0 aliphatic heterocycles. The van der Waals surface area contributed by atoms with Crippen molar-refractivity contribution in [2.45, 2.75) is 33.6 Å². The van der Waals surface area contributed by atoms with Crippen molar-refractivity contribution < 1.29 is 14.0 Å². The Kier molecular flexibility index (Phi) is 7.06. The highest BCUT2D eigenvalue weighted by atomic mass is 16.5. The zero-order chi connectivity index (χ0) is 12.6. The van der Waals surface area contributed by atoms with Gasteiger partial charge in [0, 0.05) is 5.57 Å². The Morgan fingerprint density at radius 2 is 1.94 bits per heavy atom. The summed E-state index contributed by atoms with van der Waals surface area (Å²) in [5, 5.41) is 0. The van der Waals surface area contributed by atoms with E-state index in [0.29, 0.717) is 12.2 Å². The molecule has 16 heavy (non-hydrogen) atoms. The van der Waals surface area contributed by atoms with E-state index in [9.17, 15) is 4.79 Å². The lowest BCUT2D eigenvalue weighted by Crippen LogP contribution is -2.47. The Hall–Kier alpha value is -0.830. The Balaban J connectivity index is 3.94. The second-order valence-corrected chi connectivity index (χ2v) is 4.65. The first-order valence-corrected chi connectivity index (χ1v) is 6.11. The van der Waals surface area contributed by atoms with Crippen molar-refractivity contribution in [1.82, 2.24) is 0 Å². The number of quaternary nitrogens is 1. The summed E-state index contributed by atoms with van der Waals surface area (Å²) in [6.07, 6.45) is 2.43. The lowest BCUT2D eigenvalue weighted by atomic mass is 10.2. The van der Waals surface area contributed by atoms with Crippen LogP contribution in [-0.2, 0) is 9.53 Å². The third kappa shape index (κ3) is 5.91. The van der Waals surface area contributed by atoms with Crippen LogP contribution < -0.4 is 0 Å². The second kappa shape index (κ2) is 7.44. The van der Waals surface area contributed by atoms with Crippen LogP contribution in [0.15, 0.2) is 12.2 Å². The molecular weight excluding hydrogens is 202 g/mol. The van der Waals surface area contributed by atoms with Gasteiger partial charge in [-0.3, -0.25) is 0 Å². The number of unbranched alkanes of at least 4 members (excludes halogenated alkanes) is 1. The maximum absolute atomic E-state index is 11.2. The van der Waals surface area contributed by atoms with Crippen LogP contribution in [0.2, 0.25) is 0 Å². The normalized spacial score (nSPS) is 14.2. The van der Waals surface area contributed by atoms with Crippen LogP contribution in [0, 0.1) is 0 Å². The van der Waals surface area contributed by atoms with Gasteiger partial charge in [0.25, 0.3) is 0 Å². The summed E-state index contributed by atoms with van der Waals surface area (Å²) in [7, 11) is 2.21. The van der Waals surface area contributed by atoms with Crippen molar-refractivity contribution in [3.8, 4) is 0 Å². The molecule has 94 valence electrons. The van der Waals surface area contributed by atoms with Crippen LogP contribution in [-0.4, -0.2) is 43.7 Å². The molecule has 0 aromatic carbocycles. The lowest BCUT2D eigenvalue weighted by molar-refractivity contribution is -0.908. The first-order chi connectivity index (χ1) is 7.45. The van der Waals surface area contributed by atoms with Gasteiger partial charge in [-0.05, 0) is 20.3 Å². The molecule has 0 radical (unpaired) electrons. The smallest absolute Gasteiger partial charge is 0.333 e. The van der Waals surface area contributed by atoms with Crippen molar-refractivity contribution in [3.05, 3.63) is 12.2 Å². The minimum atomic E-state index is -0.279. The summed E-state index contributed by atoms with van der Waals surface area (Å²) < 4.78 is 6.10.